The van der Waals surface area contributed by atoms with E-state index in [0.29, 0.717) is 25.8 Å². The molecule has 1 heterocycles. The number of rotatable bonds is 7. The first kappa shape index (κ1) is 17.9. The minimum atomic E-state index is -0.725. The average molecular weight is 320 g/mol. The third-order valence-electron chi connectivity index (χ3n) is 4.62. The van der Waals surface area contributed by atoms with Crippen LogP contribution in [0.3, 0.4) is 0 Å². The van der Waals surface area contributed by atoms with E-state index in [4.69, 9.17) is 4.74 Å². The van der Waals surface area contributed by atoms with Crippen LogP contribution < -0.4 is 10.6 Å². The number of ether oxygens (including phenoxy) is 1. The zero-order chi connectivity index (χ0) is 16.7. The molecule has 5 nitrogen and oxygen atoms in total. The first-order valence-electron chi connectivity index (χ1n) is 8.34. The molecule has 2 unspecified atom stereocenters. The van der Waals surface area contributed by atoms with Crippen molar-refractivity contribution in [3.8, 4) is 0 Å². The third kappa shape index (κ3) is 4.77. The molecule has 1 aromatic carbocycles. The van der Waals surface area contributed by atoms with E-state index in [1.54, 1.807) is 14.0 Å². The molecular formula is C18H28N2O3. The van der Waals surface area contributed by atoms with Gasteiger partial charge in [-0.2, -0.15) is 0 Å². The fourth-order valence-corrected chi connectivity index (χ4v) is 3.21. The van der Waals surface area contributed by atoms with Gasteiger partial charge < -0.3 is 20.5 Å². The molecule has 1 amide bonds. The molecule has 128 valence electrons. The van der Waals surface area contributed by atoms with Crippen molar-refractivity contribution in [3.63, 3.8) is 0 Å². The van der Waals surface area contributed by atoms with Crippen LogP contribution in [0.15, 0.2) is 30.3 Å². The van der Waals surface area contributed by atoms with Crippen molar-refractivity contribution in [1.29, 1.82) is 0 Å². The highest BCUT2D eigenvalue weighted by molar-refractivity contribution is 5.85. The summed E-state index contributed by atoms with van der Waals surface area (Å²) >= 11 is 0. The van der Waals surface area contributed by atoms with E-state index in [-0.39, 0.29) is 11.8 Å². The van der Waals surface area contributed by atoms with Gasteiger partial charge in [0.2, 0.25) is 0 Å². The van der Waals surface area contributed by atoms with Gasteiger partial charge in [0, 0.05) is 19.6 Å². The monoisotopic (exact) mass is 320 g/mol. The number of methoxy groups -OCH3 is 1. The highest BCUT2D eigenvalue weighted by atomic mass is 16.5. The van der Waals surface area contributed by atoms with E-state index >= 15 is 0 Å². The Morgan fingerprint density at radius 2 is 2.00 bits per heavy atom. The first-order valence-corrected chi connectivity index (χ1v) is 8.34. The maximum absolute atomic E-state index is 12.6. The van der Waals surface area contributed by atoms with Crippen molar-refractivity contribution in [3.05, 3.63) is 35.9 Å². The molecule has 1 aliphatic rings. The normalized spacial score (nSPS) is 19.8. The van der Waals surface area contributed by atoms with Crippen LogP contribution >= 0.6 is 0 Å². The Bertz CT molecular complexity index is 484. The number of aliphatic hydroxyl groups is 1. The summed E-state index contributed by atoms with van der Waals surface area (Å²) in [7, 11) is 1.61. The second kappa shape index (κ2) is 8.43. The van der Waals surface area contributed by atoms with E-state index < -0.39 is 11.7 Å². The molecule has 0 spiro atoms. The molecule has 0 aromatic heterocycles. The molecule has 2 atom stereocenters. The van der Waals surface area contributed by atoms with Crippen molar-refractivity contribution < 1.29 is 14.6 Å². The second-order valence-electron chi connectivity index (χ2n) is 6.35. The lowest BCUT2D eigenvalue weighted by molar-refractivity contribution is -0.146. The van der Waals surface area contributed by atoms with Gasteiger partial charge in [-0.05, 0) is 44.8 Å². The highest BCUT2D eigenvalue weighted by Gasteiger charge is 2.39. The van der Waals surface area contributed by atoms with E-state index in [2.05, 4.69) is 10.6 Å². The van der Waals surface area contributed by atoms with Crippen molar-refractivity contribution in [2.45, 2.75) is 43.8 Å². The molecular weight excluding hydrogens is 292 g/mol. The summed E-state index contributed by atoms with van der Waals surface area (Å²) in [5.74, 6) is 0.0452. The molecule has 0 radical (unpaired) electrons. The molecule has 1 saturated heterocycles. The number of piperidine rings is 1. The minimum absolute atomic E-state index is 0.0481. The van der Waals surface area contributed by atoms with Crippen LogP contribution in [-0.2, 0) is 9.53 Å². The quantitative estimate of drug-likeness (QED) is 0.711. The molecule has 1 aliphatic heterocycles. The van der Waals surface area contributed by atoms with Crippen LogP contribution in [0, 0.1) is 0 Å². The molecule has 1 aromatic rings. The summed E-state index contributed by atoms with van der Waals surface area (Å²) in [4.78, 5) is 12.6. The lowest BCUT2D eigenvalue weighted by atomic mass is 9.89. The lowest BCUT2D eigenvalue weighted by Crippen LogP contribution is -2.54. The van der Waals surface area contributed by atoms with Crippen LogP contribution in [0.5, 0.6) is 0 Å². The number of hydrogen-bond acceptors (Lipinski definition) is 4. The van der Waals surface area contributed by atoms with Crippen molar-refractivity contribution in [2.75, 3.05) is 26.7 Å². The molecule has 1 fully saturated rings. The number of carbonyl (C=O) groups excluding carboxylic acids is 1. The molecule has 0 bridgehead atoms. The van der Waals surface area contributed by atoms with Crippen molar-refractivity contribution in [2.24, 2.45) is 0 Å². The largest absolute Gasteiger partial charge is 0.393 e. The minimum Gasteiger partial charge on any atom is -0.393 e. The Kier molecular flexibility index (Phi) is 6.57. The Morgan fingerprint density at radius 1 is 1.35 bits per heavy atom. The molecule has 0 aliphatic carbocycles. The Labute approximate surface area is 138 Å². The molecule has 2 rings (SSSR count). The molecule has 5 heteroatoms. The van der Waals surface area contributed by atoms with Crippen LogP contribution in [0.2, 0.25) is 0 Å². The molecule has 23 heavy (non-hydrogen) atoms. The predicted molar refractivity (Wildman–Crippen MR) is 90.3 cm³/mol. The van der Waals surface area contributed by atoms with Crippen molar-refractivity contribution in [1.82, 2.24) is 10.6 Å². The van der Waals surface area contributed by atoms with Crippen LogP contribution in [0.4, 0.5) is 0 Å². The zero-order valence-corrected chi connectivity index (χ0v) is 14.0. The summed E-state index contributed by atoms with van der Waals surface area (Å²) < 4.78 is 5.56. The summed E-state index contributed by atoms with van der Waals surface area (Å²) in [6.07, 6.45) is 1.57. The summed E-state index contributed by atoms with van der Waals surface area (Å²) in [5, 5.41) is 16.0. The van der Waals surface area contributed by atoms with E-state index in [9.17, 15) is 9.90 Å². The predicted octanol–water partition coefficient (Wildman–Crippen LogP) is 1.43. The fourth-order valence-electron chi connectivity index (χ4n) is 3.21. The zero-order valence-electron chi connectivity index (χ0n) is 14.0. The van der Waals surface area contributed by atoms with Crippen LogP contribution in [0.1, 0.15) is 37.7 Å². The van der Waals surface area contributed by atoms with E-state index in [1.165, 1.54) is 0 Å². The Morgan fingerprint density at radius 3 is 2.57 bits per heavy atom. The number of benzene rings is 1. The third-order valence-corrected chi connectivity index (χ3v) is 4.62. The van der Waals surface area contributed by atoms with Gasteiger partial charge in [-0.3, -0.25) is 4.79 Å². The van der Waals surface area contributed by atoms with Crippen molar-refractivity contribution >= 4 is 5.91 Å². The van der Waals surface area contributed by atoms with Gasteiger partial charge in [-0.1, -0.05) is 30.3 Å². The molecule has 3 N–H and O–H groups in total. The summed E-state index contributed by atoms with van der Waals surface area (Å²) in [5.41, 5.74) is 0.405. The first-order chi connectivity index (χ1) is 11.1. The number of amides is 1. The molecule has 0 saturated carbocycles. The van der Waals surface area contributed by atoms with Gasteiger partial charge >= 0.3 is 0 Å². The highest BCUT2D eigenvalue weighted by Crippen LogP contribution is 2.24. The van der Waals surface area contributed by atoms with Gasteiger partial charge in [0.1, 0.15) is 5.60 Å². The van der Waals surface area contributed by atoms with E-state index in [1.807, 2.05) is 30.3 Å². The van der Waals surface area contributed by atoms with Gasteiger partial charge in [0.05, 0.1) is 6.10 Å². The van der Waals surface area contributed by atoms with Gasteiger partial charge in [-0.15, -0.1) is 0 Å². The average Bonchev–Trinajstić information content (AvgIpc) is 2.59. The summed E-state index contributed by atoms with van der Waals surface area (Å²) in [6, 6.07) is 10.0. The number of nitrogens with one attached hydrogen (secondary N) is 2. The SMILES string of the molecule is COC1(C(=O)NCC(CC(C)O)c2ccccc2)CCNCC1. The Hall–Kier alpha value is -1.43. The summed E-state index contributed by atoms with van der Waals surface area (Å²) in [6.45, 7) is 3.86. The topological polar surface area (TPSA) is 70.6 Å². The van der Waals surface area contributed by atoms with Gasteiger partial charge in [0.25, 0.3) is 5.91 Å². The smallest absolute Gasteiger partial charge is 0.252 e. The number of carbonyl (C=O) groups is 1. The van der Waals surface area contributed by atoms with Crippen LogP contribution in [-0.4, -0.2) is 49.5 Å². The lowest BCUT2D eigenvalue weighted by Gasteiger charge is -2.35. The number of hydrogen-bond donors (Lipinski definition) is 3. The Balaban J connectivity index is 2.01. The second-order valence-corrected chi connectivity index (χ2v) is 6.35. The van der Waals surface area contributed by atoms with E-state index in [0.717, 1.165) is 18.7 Å². The number of aliphatic hydroxyl groups excluding tert-OH is 1. The maximum Gasteiger partial charge on any atom is 0.252 e. The fraction of sp³-hybridized carbons (Fsp3) is 0.611. The standard InChI is InChI=1S/C18H28N2O3/c1-14(21)12-16(15-6-4-3-5-7-15)13-20-17(22)18(23-2)8-10-19-11-9-18/h3-7,14,16,19,21H,8-13H2,1-2H3,(H,20,22). The maximum atomic E-state index is 12.6. The van der Waals surface area contributed by atoms with Crippen LogP contribution in [0.25, 0.3) is 0 Å². The van der Waals surface area contributed by atoms with Gasteiger partial charge in [-0.25, -0.2) is 0 Å². The van der Waals surface area contributed by atoms with Gasteiger partial charge in [0.15, 0.2) is 0 Å².